The average molecular weight is 382 g/mol. The molecule has 2 atom stereocenters. The second kappa shape index (κ2) is 7.26. The largest absolute Gasteiger partial charge is 0.458 e. The fourth-order valence-corrected chi connectivity index (χ4v) is 3.59. The van der Waals surface area contributed by atoms with Gasteiger partial charge in [0.2, 0.25) is 5.91 Å². The first-order chi connectivity index (χ1) is 13.1. The quantitative estimate of drug-likeness (QED) is 0.828. The highest BCUT2D eigenvalue weighted by atomic mass is 16.6. The Morgan fingerprint density at radius 2 is 1.86 bits per heavy atom. The molecule has 148 valence electrons. The maximum Gasteiger partial charge on any atom is 0.329 e. The molecular weight excluding hydrogens is 356 g/mol. The molecule has 1 aliphatic heterocycles. The minimum Gasteiger partial charge on any atom is -0.458 e. The number of anilines is 1. The van der Waals surface area contributed by atoms with Crippen molar-refractivity contribution < 1.29 is 19.1 Å². The first kappa shape index (κ1) is 19.9. The lowest BCUT2D eigenvalue weighted by Gasteiger charge is -2.38. The summed E-state index contributed by atoms with van der Waals surface area (Å²) < 4.78 is 5.50. The predicted molar refractivity (Wildman–Crippen MR) is 108 cm³/mol. The molecule has 6 nitrogen and oxygen atoms in total. The molecule has 1 N–H and O–H groups in total. The van der Waals surface area contributed by atoms with Crippen LogP contribution >= 0.6 is 0 Å². The van der Waals surface area contributed by atoms with Crippen molar-refractivity contribution >= 4 is 34.2 Å². The van der Waals surface area contributed by atoms with E-state index in [1.807, 2.05) is 36.4 Å². The average Bonchev–Trinajstić information content (AvgIpc) is 2.60. The minimum absolute atomic E-state index is 0.285. The van der Waals surface area contributed by atoms with Gasteiger partial charge in [-0.25, -0.2) is 4.79 Å². The molecule has 2 amide bonds. The number of hydrogen-bond acceptors (Lipinski definition) is 4. The molecule has 1 unspecified atom stereocenters. The van der Waals surface area contributed by atoms with Gasteiger partial charge >= 0.3 is 5.97 Å². The van der Waals surface area contributed by atoms with Crippen molar-refractivity contribution in [1.82, 2.24) is 5.32 Å². The molecule has 2 aromatic carbocycles. The summed E-state index contributed by atoms with van der Waals surface area (Å²) in [6.07, 6.45) is 0.382. The molecule has 28 heavy (non-hydrogen) atoms. The van der Waals surface area contributed by atoms with Gasteiger partial charge in [-0.05, 0) is 50.1 Å². The van der Waals surface area contributed by atoms with Gasteiger partial charge < -0.3 is 10.1 Å². The van der Waals surface area contributed by atoms with Gasteiger partial charge in [-0.1, -0.05) is 30.3 Å². The van der Waals surface area contributed by atoms with Crippen LogP contribution < -0.4 is 10.2 Å². The molecule has 1 heterocycles. The van der Waals surface area contributed by atoms with Crippen LogP contribution in [-0.4, -0.2) is 35.5 Å². The summed E-state index contributed by atoms with van der Waals surface area (Å²) in [6.45, 7) is 8.40. The van der Waals surface area contributed by atoms with Crippen LogP contribution in [0.4, 0.5) is 5.69 Å². The highest BCUT2D eigenvalue weighted by Gasteiger charge is 2.40. The van der Waals surface area contributed by atoms with E-state index in [9.17, 15) is 14.4 Å². The smallest absolute Gasteiger partial charge is 0.329 e. The molecule has 0 radical (unpaired) electrons. The zero-order chi connectivity index (χ0) is 20.6. The topological polar surface area (TPSA) is 75.7 Å². The zero-order valence-electron chi connectivity index (χ0n) is 16.9. The number of carbonyl (C=O) groups is 3. The van der Waals surface area contributed by atoms with E-state index in [-0.39, 0.29) is 11.8 Å². The summed E-state index contributed by atoms with van der Waals surface area (Å²) in [4.78, 5) is 39.0. The first-order valence-electron chi connectivity index (χ1n) is 9.42. The SMILES string of the molecule is CC(=O)NC1Cc2c(ccc3ccccc23)N([C@@H](C)C(=O)OC(C)(C)C)C1=O. The normalized spacial score (nSPS) is 17.8. The van der Waals surface area contributed by atoms with E-state index in [0.29, 0.717) is 12.1 Å². The standard InChI is InChI=1S/C22H26N2O4/c1-13(21(27)28-22(3,4)5)24-19-11-10-15-8-6-7-9-16(15)17(19)12-18(20(24)26)23-14(2)25/h6-11,13,18H,12H2,1-5H3,(H,23,25)/t13-,18?/m0/s1. The van der Waals surface area contributed by atoms with Gasteiger partial charge in [0.25, 0.3) is 5.91 Å². The van der Waals surface area contributed by atoms with E-state index in [1.165, 1.54) is 11.8 Å². The van der Waals surface area contributed by atoms with E-state index < -0.39 is 23.7 Å². The number of esters is 1. The Balaban J connectivity index is 2.10. The Labute approximate surface area is 164 Å². The van der Waals surface area contributed by atoms with Gasteiger partial charge in [0, 0.05) is 19.0 Å². The van der Waals surface area contributed by atoms with E-state index >= 15 is 0 Å². The number of benzene rings is 2. The highest BCUT2D eigenvalue weighted by molar-refractivity contribution is 6.08. The number of hydrogen-bond donors (Lipinski definition) is 1. The third-order valence-electron chi connectivity index (χ3n) is 4.73. The highest BCUT2D eigenvalue weighted by Crippen LogP contribution is 2.35. The summed E-state index contributed by atoms with van der Waals surface area (Å²) in [7, 11) is 0. The molecule has 3 rings (SSSR count). The van der Waals surface area contributed by atoms with Crippen molar-refractivity contribution in [3.8, 4) is 0 Å². The molecule has 0 aliphatic carbocycles. The molecule has 0 aromatic heterocycles. The Kier molecular flexibility index (Phi) is 5.15. The lowest BCUT2D eigenvalue weighted by atomic mass is 9.91. The molecule has 1 aliphatic rings. The third kappa shape index (κ3) is 3.86. The molecule has 6 heteroatoms. The summed E-state index contributed by atoms with van der Waals surface area (Å²) in [5.41, 5.74) is 0.962. The molecule has 0 saturated carbocycles. The van der Waals surface area contributed by atoms with Gasteiger partial charge in [-0.2, -0.15) is 0 Å². The van der Waals surface area contributed by atoms with Crippen LogP contribution in [0.2, 0.25) is 0 Å². The number of amides is 2. The van der Waals surface area contributed by atoms with Crippen molar-refractivity contribution in [2.24, 2.45) is 0 Å². The summed E-state index contributed by atoms with van der Waals surface area (Å²) in [6, 6.07) is 10.1. The van der Waals surface area contributed by atoms with Crippen LogP contribution in [-0.2, 0) is 25.5 Å². The van der Waals surface area contributed by atoms with Gasteiger partial charge in [0.05, 0.1) is 0 Å². The number of rotatable bonds is 3. The van der Waals surface area contributed by atoms with Crippen molar-refractivity contribution in [1.29, 1.82) is 0 Å². The second-order valence-corrected chi connectivity index (χ2v) is 8.16. The van der Waals surface area contributed by atoms with Gasteiger partial charge in [-0.15, -0.1) is 0 Å². The Morgan fingerprint density at radius 3 is 2.50 bits per heavy atom. The predicted octanol–water partition coefficient (Wildman–Crippen LogP) is 2.96. The van der Waals surface area contributed by atoms with Gasteiger partial charge in [0.1, 0.15) is 17.7 Å². The van der Waals surface area contributed by atoms with Crippen molar-refractivity contribution in [3.63, 3.8) is 0 Å². The molecule has 0 saturated heterocycles. The Hall–Kier alpha value is -2.89. The number of ether oxygens (including phenoxy) is 1. The molecular formula is C22H26N2O4. The Bertz CT molecular complexity index is 945. The molecule has 2 aromatic rings. The van der Waals surface area contributed by atoms with E-state index in [1.54, 1.807) is 27.7 Å². The lowest BCUT2D eigenvalue weighted by molar-refractivity contribution is -0.157. The van der Waals surface area contributed by atoms with Crippen molar-refractivity contribution in [2.75, 3.05) is 4.90 Å². The molecule has 0 fully saturated rings. The van der Waals surface area contributed by atoms with E-state index in [0.717, 1.165) is 16.3 Å². The van der Waals surface area contributed by atoms with Crippen LogP contribution in [0.5, 0.6) is 0 Å². The van der Waals surface area contributed by atoms with Gasteiger partial charge in [0.15, 0.2) is 0 Å². The van der Waals surface area contributed by atoms with Crippen LogP contribution in [0.1, 0.15) is 40.2 Å². The second-order valence-electron chi connectivity index (χ2n) is 8.16. The first-order valence-corrected chi connectivity index (χ1v) is 9.42. The fraction of sp³-hybridized carbons (Fsp3) is 0.409. The molecule has 0 bridgehead atoms. The van der Waals surface area contributed by atoms with Gasteiger partial charge in [-0.3, -0.25) is 14.5 Å². The maximum atomic E-state index is 13.2. The van der Waals surface area contributed by atoms with E-state index in [4.69, 9.17) is 4.74 Å². The zero-order valence-corrected chi connectivity index (χ0v) is 16.9. The van der Waals surface area contributed by atoms with Crippen molar-refractivity contribution in [2.45, 2.75) is 58.7 Å². The van der Waals surface area contributed by atoms with Crippen LogP contribution in [0.3, 0.4) is 0 Å². The fourth-order valence-electron chi connectivity index (χ4n) is 3.59. The number of carbonyl (C=O) groups excluding carboxylic acids is 3. The summed E-state index contributed by atoms with van der Waals surface area (Å²) >= 11 is 0. The lowest BCUT2D eigenvalue weighted by Crippen LogP contribution is -2.57. The Morgan fingerprint density at radius 1 is 1.18 bits per heavy atom. The number of fused-ring (bicyclic) bond motifs is 3. The number of nitrogens with one attached hydrogen (secondary N) is 1. The van der Waals surface area contributed by atoms with Crippen LogP contribution in [0.15, 0.2) is 36.4 Å². The minimum atomic E-state index is -0.816. The van der Waals surface area contributed by atoms with Crippen molar-refractivity contribution in [3.05, 3.63) is 42.0 Å². The number of nitrogens with zero attached hydrogens (tertiary/aromatic N) is 1. The summed E-state index contributed by atoms with van der Waals surface area (Å²) in [5, 5.41) is 4.77. The monoisotopic (exact) mass is 382 g/mol. The third-order valence-corrected chi connectivity index (χ3v) is 4.73. The van der Waals surface area contributed by atoms with Crippen LogP contribution in [0, 0.1) is 0 Å². The molecule has 0 spiro atoms. The maximum absolute atomic E-state index is 13.2. The van der Waals surface area contributed by atoms with E-state index in [2.05, 4.69) is 5.32 Å². The summed E-state index contributed by atoms with van der Waals surface area (Å²) in [5.74, 6) is -1.08. The van der Waals surface area contributed by atoms with Crippen LogP contribution in [0.25, 0.3) is 10.8 Å².